The standard InChI is InChI=1S/C19H22N4O2/c24-18-7-3-11-23(18)16-6-1-4-14(12-16)19(25)22-10-2-5-15(13-22)17-8-9-20-21-17/h1,4,6,8-9,12,15H,2-3,5,7,10-11,13H2,(H,20,21)/t15-/m1/s1. The number of aromatic nitrogens is 2. The summed E-state index contributed by atoms with van der Waals surface area (Å²) < 4.78 is 0. The smallest absolute Gasteiger partial charge is 0.253 e. The summed E-state index contributed by atoms with van der Waals surface area (Å²) >= 11 is 0. The van der Waals surface area contributed by atoms with Crippen molar-refractivity contribution in [2.75, 3.05) is 24.5 Å². The van der Waals surface area contributed by atoms with E-state index in [-0.39, 0.29) is 11.8 Å². The number of aromatic amines is 1. The van der Waals surface area contributed by atoms with Crippen molar-refractivity contribution in [1.82, 2.24) is 15.1 Å². The van der Waals surface area contributed by atoms with Gasteiger partial charge in [0.05, 0.1) is 0 Å². The third-order valence-corrected chi connectivity index (χ3v) is 5.15. The molecule has 0 radical (unpaired) electrons. The number of amides is 2. The van der Waals surface area contributed by atoms with Crippen molar-refractivity contribution in [1.29, 1.82) is 0 Å². The van der Waals surface area contributed by atoms with Crippen molar-refractivity contribution >= 4 is 17.5 Å². The van der Waals surface area contributed by atoms with Gasteiger partial charge in [0.1, 0.15) is 0 Å². The van der Waals surface area contributed by atoms with Gasteiger partial charge >= 0.3 is 0 Å². The van der Waals surface area contributed by atoms with Gasteiger partial charge in [0.25, 0.3) is 5.91 Å². The normalized spacial score (nSPS) is 21.0. The highest BCUT2D eigenvalue weighted by Crippen LogP contribution is 2.27. The van der Waals surface area contributed by atoms with E-state index < -0.39 is 0 Å². The molecule has 0 bridgehead atoms. The van der Waals surface area contributed by atoms with Gasteiger partial charge in [-0.2, -0.15) is 5.10 Å². The molecule has 0 aliphatic carbocycles. The molecule has 2 amide bonds. The Balaban J connectivity index is 1.51. The van der Waals surface area contributed by atoms with E-state index in [0.717, 1.165) is 43.7 Å². The van der Waals surface area contributed by atoms with Crippen LogP contribution in [-0.4, -0.2) is 46.5 Å². The molecule has 0 saturated carbocycles. The van der Waals surface area contributed by atoms with Gasteiger partial charge in [0.15, 0.2) is 0 Å². The molecule has 2 aliphatic heterocycles. The van der Waals surface area contributed by atoms with Crippen LogP contribution in [-0.2, 0) is 4.79 Å². The van der Waals surface area contributed by atoms with Gasteiger partial charge in [-0.15, -0.1) is 0 Å². The molecular formula is C19H22N4O2. The van der Waals surface area contributed by atoms with E-state index in [0.29, 0.717) is 24.4 Å². The molecule has 1 aromatic carbocycles. The number of likely N-dealkylation sites (tertiary alicyclic amines) is 1. The number of carbonyl (C=O) groups excluding carboxylic acids is 2. The Kier molecular flexibility index (Phi) is 4.26. The molecule has 3 heterocycles. The van der Waals surface area contributed by atoms with Crippen LogP contribution >= 0.6 is 0 Å². The minimum atomic E-state index is 0.0395. The van der Waals surface area contributed by atoms with E-state index in [2.05, 4.69) is 10.2 Å². The lowest BCUT2D eigenvalue weighted by atomic mass is 9.94. The monoisotopic (exact) mass is 338 g/mol. The maximum absolute atomic E-state index is 13.0. The van der Waals surface area contributed by atoms with Gasteiger partial charge < -0.3 is 9.80 Å². The number of hydrogen-bond acceptors (Lipinski definition) is 3. The van der Waals surface area contributed by atoms with Crippen LogP contribution in [0.4, 0.5) is 5.69 Å². The summed E-state index contributed by atoms with van der Waals surface area (Å²) in [7, 11) is 0. The van der Waals surface area contributed by atoms with E-state index in [9.17, 15) is 9.59 Å². The topological polar surface area (TPSA) is 69.3 Å². The van der Waals surface area contributed by atoms with Gasteiger partial charge in [-0.1, -0.05) is 6.07 Å². The Labute approximate surface area is 146 Å². The molecule has 6 nitrogen and oxygen atoms in total. The van der Waals surface area contributed by atoms with Crippen molar-refractivity contribution in [3.8, 4) is 0 Å². The minimum Gasteiger partial charge on any atom is -0.338 e. The number of nitrogens with one attached hydrogen (secondary N) is 1. The number of H-pyrrole nitrogens is 1. The van der Waals surface area contributed by atoms with E-state index in [1.165, 1.54) is 0 Å². The first-order valence-electron chi connectivity index (χ1n) is 8.91. The van der Waals surface area contributed by atoms with Crippen LogP contribution < -0.4 is 4.90 Å². The Bertz CT molecular complexity index is 771. The Morgan fingerprint density at radius 1 is 1.20 bits per heavy atom. The molecule has 2 fully saturated rings. The summed E-state index contributed by atoms with van der Waals surface area (Å²) in [5.41, 5.74) is 2.58. The third kappa shape index (κ3) is 3.16. The zero-order valence-corrected chi connectivity index (χ0v) is 14.1. The number of carbonyl (C=O) groups is 2. The van der Waals surface area contributed by atoms with Crippen LogP contribution in [0.3, 0.4) is 0 Å². The van der Waals surface area contributed by atoms with Crippen molar-refractivity contribution in [3.63, 3.8) is 0 Å². The Morgan fingerprint density at radius 3 is 2.88 bits per heavy atom. The van der Waals surface area contributed by atoms with Gasteiger partial charge in [-0.05, 0) is 43.5 Å². The van der Waals surface area contributed by atoms with Gasteiger partial charge in [-0.25, -0.2) is 0 Å². The van der Waals surface area contributed by atoms with E-state index in [4.69, 9.17) is 0 Å². The van der Waals surface area contributed by atoms with Crippen molar-refractivity contribution in [3.05, 3.63) is 47.8 Å². The average molecular weight is 338 g/mol. The third-order valence-electron chi connectivity index (χ3n) is 5.15. The van der Waals surface area contributed by atoms with Crippen LogP contribution in [0.15, 0.2) is 36.5 Å². The minimum absolute atomic E-state index is 0.0395. The maximum Gasteiger partial charge on any atom is 0.253 e. The first-order chi connectivity index (χ1) is 12.2. The number of piperidine rings is 1. The molecule has 25 heavy (non-hydrogen) atoms. The lowest BCUT2D eigenvalue weighted by Gasteiger charge is -2.32. The summed E-state index contributed by atoms with van der Waals surface area (Å²) in [6.45, 7) is 2.21. The molecule has 130 valence electrons. The van der Waals surface area contributed by atoms with Crippen LogP contribution in [0, 0.1) is 0 Å². The zero-order valence-electron chi connectivity index (χ0n) is 14.1. The highest BCUT2D eigenvalue weighted by Gasteiger charge is 2.27. The molecule has 1 atom stereocenters. The molecule has 2 aliphatic rings. The van der Waals surface area contributed by atoms with E-state index in [1.807, 2.05) is 35.2 Å². The number of nitrogens with zero attached hydrogens (tertiary/aromatic N) is 3. The second-order valence-electron chi connectivity index (χ2n) is 6.80. The van der Waals surface area contributed by atoms with Crippen molar-refractivity contribution in [2.45, 2.75) is 31.6 Å². The fourth-order valence-electron chi connectivity index (χ4n) is 3.82. The number of benzene rings is 1. The Hall–Kier alpha value is -2.63. The van der Waals surface area contributed by atoms with Gasteiger partial charge in [-0.3, -0.25) is 14.7 Å². The molecule has 1 N–H and O–H groups in total. The molecule has 4 rings (SSSR count). The van der Waals surface area contributed by atoms with Crippen molar-refractivity contribution in [2.24, 2.45) is 0 Å². The molecule has 6 heteroatoms. The van der Waals surface area contributed by atoms with Gasteiger partial charge in [0.2, 0.25) is 5.91 Å². The quantitative estimate of drug-likeness (QED) is 0.935. The fourth-order valence-corrected chi connectivity index (χ4v) is 3.82. The van der Waals surface area contributed by atoms with Crippen LogP contribution in [0.1, 0.15) is 47.7 Å². The van der Waals surface area contributed by atoms with Crippen LogP contribution in [0.2, 0.25) is 0 Å². The van der Waals surface area contributed by atoms with Crippen LogP contribution in [0.25, 0.3) is 0 Å². The van der Waals surface area contributed by atoms with Crippen molar-refractivity contribution < 1.29 is 9.59 Å². The molecule has 0 spiro atoms. The maximum atomic E-state index is 13.0. The molecule has 1 aromatic heterocycles. The first-order valence-corrected chi connectivity index (χ1v) is 8.91. The molecular weight excluding hydrogens is 316 g/mol. The predicted octanol–water partition coefficient (Wildman–Crippen LogP) is 2.56. The van der Waals surface area contributed by atoms with Gasteiger partial charge in [0, 0.05) is 55.1 Å². The summed E-state index contributed by atoms with van der Waals surface area (Å²) in [5.74, 6) is 0.489. The fraction of sp³-hybridized carbons (Fsp3) is 0.421. The lowest BCUT2D eigenvalue weighted by molar-refractivity contribution is -0.117. The van der Waals surface area contributed by atoms with E-state index in [1.54, 1.807) is 11.1 Å². The molecule has 2 saturated heterocycles. The molecule has 2 aromatic rings. The SMILES string of the molecule is O=C(c1cccc(N2CCCC2=O)c1)N1CCC[C@@H](c2ccn[nH]2)C1. The molecule has 0 unspecified atom stereocenters. The number of anilines is 1. The second kappa shape index (κ2) is 6.70. The number of rotatable bonds is 3. The number of hydrogen-bond donors (Lipinski definition) is 1. The summed E-state index contributed by atoms with van der Waals surface area (Å²) in [5, 5.41) is 7.05. The van der Waals surface area contributed by atoms with Crippen LogP contribution in [0.5, 0.6) is 0 Å². The van der Waals surface area contributed by atoms with E-state index >= 15 is 0 Å². The average Bonchev–Trinajstić information content (AvgIpc) is 3.33. The predicted molar refractivity (Wildman–Crippen MR) is 94.5 cm³/mol. The first kappa shape index (κ1) is 15.9. The highest BCUT2D eigenvalue weighted by atomic mass is 16.2. The summed E-state index contributed by atoms with van der Waals surface area (Å²) in [6.07, 6.45) is 5.28. The second-order valence-corrected chi connectivity index (χ2v) is 6.80. The summed E-state index contributed by atoms with van der Waals surface area (Å²) in [4.78, 5) is 28.6. The highest BCUT2D eigenvalue weighted by molar-refractivity contribution is 5.99. The largest absolute Gasteiger partial charge is 0.338 e. The Morgan fingerprint density at radius 2 is 2.12 bits per heavy atom. The lowest BCUT2D eigenvalue weighted by Crippen LogP contribution is -2.39. The zero-order chi connectivity index (χ0) is 17.2. The summed E-state index contributed by atoms with van der Waals surface area (Å²) in [6, 6.07) is 9.45.